The average molecular weight is 225 g/mol. The Balaban J connectivity index is 2.46. The fraction of sp³-hybridized carbons (Fsp3) is 0.500. The third kappa shape index (κ3) is 3.82. The summed E-state index contributed by atoms with van der Waals surface area (Å²) in [5.74, 6) is -0.259. The summed E-state index contributed by atoms with van der Waals surface area (Å²) in [5.41, 5.74) is -0.451. The van der Waals surface area contributed by atoms with Crippen molar-refractivity contribution in [2.45, 2.75) is 13.5 Å². The minimum Gasteiger partial charge on any atom is -0.396 e. The first-order valence-corrected chi connectivity index (χ1v) is 5.02. The Morgan fingerprint density at radius 2 is 2.44 bits per heavy atom. The van der Waals surface area contributed by atoms with Crippen LogP contribution in [-0.4, -0.2) is 33.7 Å². The Hall–Kier alpha value is -1.69. The van der Waals surface area contributed by atoms with Crippen LogP contribution in [0.3, 0.4) is 0 Å². The molecule has 6 heteroatoms. The van der Waals surface area contributed by atoms with E-state index >= 15 is 0 Å². The van der Waals surface area contributed by atoms with Crippen molar-refractivity contribution in [1.29, 1.82) is 0 Å². The number of hydrogen-bond acceptors (Lipinski definition) is 4. The van der Waals surface area contributed by atoms with Gasteiger partial charge in [0.25, 0.3) is 0 Å². The van der Waals surface area contributed by atoms with E-state index in [1.54, 1.807) is 6.07 Å². The largest absolute Gasteiger partial charge is 0.396 e. The van der Waals surface area contributed by atoms with E-state index in [0.29, 0.717) is 6.54 Å². The molecule has 0 radical (unpaired) electrons. The predicted molar refractivity (Wildman–Crippen MR) is 57.8 cm³/mol. The Labute approximate surface area is 92.9 Å². The van der Waals surface area contributed by atoms with Crippen molar-refractivity contribution in [3.8, 4) is 0 Å². The maximum atomic E-state index is 11.4. The van der Waals surface area contributed by atoms with Crippen molar-refractivity contribution in [3.05, 3.63) is 28.9 Å². The third-order valence-corrected chi connectivity index (χ3v) is 2.06. The van der Waals surface area contributed by atoms with Gasteiger partial charge in [-0.2, -0.15) is 0 Å². The molecule has 0 aliphatic heterocycles. The lowest BCUT2D eigenvalue weighted by atomic mass is 10.2. The Morgan fingerprint density at radius 1 is 1.69 bits per heavy atom. The van der Waals surface area contributed by atoms with Crippen molar-refractivity contribution >= 4 is 5.91 Å². The highest BCUT2D eigenvalue weighted by Gasteiger charge is 2.06. The second-order valence-corrected chi connectivity index (χ2v) is 3.62. The average Bonchev–Trinajstić information content (AvgIpc) is 2.29. The summed E-state index contributed by atoms with van der Waals surface area (Å²) in [6.45, 7) is 2.18. The molecule has 0 saturated heterocycles. The van der Waals surface area contributed by atoms with Gasteiger partial charge in [0, 0.05) is 25.5 Å². The minimum absolute atomic E-state index is 0.00886. The lowest BCUT2D eigenvalue weighted by Crippen LogP contribution is -2.35. The Kier molecular flexibility index (Phi) is 4.65. The van der Waals surface area contributed by atoms with E-state index in [1.807, 2.05) is 6.92 Å². The lowest BCUT2D eigenvalue weighted by molar-refractivity contribution is -0.121. The van der Waals surface area contributed by atoms with Crippen molar-refractivity contribution in [2.24, 2.45) is 5.92 Å². The number of carbonyl (C=O) groups excluding carboxylic acids is 1. The van der Waals surface area contributed by atoms with Crippen LogP contribution >= 0.6 is 0 Å². The number of aromatic nitrogens is 2. The van der Waals surface area contributed by atoms with Crippen molar-refractivity contribution < 1.29 is 9.90 Å². The number of nitrogens with zero attached hydrogens (tertiary/aromatic N) is 2. The maximum Gasteiger partial charge on any atom is 0.347 e. The standard InChI is InChI=1S/C10H15N3O3/c1-8(7-14)5-12-9(15)6-13-4-2-3-11-10(13)16/h2-4,8,14H,5-7H2,1H3,(H,12,15). The van der Waals surface area contributed by atoms with Crippen LogP contribution in [0, 0.1) is 5.92 Å². The zero-order chi connectivity index (χ0) is 12.0. The van der Waals surface area contributed by atoms with Gasteiger partial charge in [-0.15, -0.1) is 0 Å². The molecule has 1 amide bonds. The molecule has 0 spiro atoms. The van der Waals surface area contributed by atoms with Crippen LogP contribution in [0.2, 0.25) is 0 Å². The molecule has 1 rings (SSSR count). The molecule has 1 aromatic rings. The van der Waals surface area contributed by atoms with E-state index in [1.165, 1.54) is 17.0 Å². The van der Waals surface area contributed by atoms with Crippen LogP contribution in [-0.2, 0) is 11.3 Å². The first-order valence-electron chi connectivity index (χ1n) is 5.02. The molecule has 6 nitrogen and oxygen atoms in total. The highest BCUT2D eigenvalue weighted by Crippen LogP contribution is 1.89. The van der Waals surface area contributed by atoms with E-state index in [4.69, 9.17) is 5.11 Å². The first-order chi connectivity index (χ1) is 7.63. The molecule has 1 heterocycles. The van der Waals surface area contributed by atoms with Gasteiger partial charge in [-0.1, -0.05) is 6.92 Å². The van der Waals surface area contributed by atoms with Gasteiger partial charge in [0.2, 0.25) is 5.91 Å². The minimum atomic E-state index is -0.451. The van der Waals surface area contributed by atoms with Crippen LogP contribution in [0.1, 0.15) is 6.92 Å². The normalized spacial score (nSPS) is 12.1. The second kappa shape index (κ2) is 6.02. The third-order valence-electron chi connectivity index (χ3n) is 2.06. The van der Waals surface area contributed by atoms with Gasteiger partial charge in [-0.3, -0.25) is 9.36 Å². The molecule has 16 heavy (non-hydrogen) atoms. The number of amides is 1. The van der Waals surface area contributed by atoms with Crippen molar-refractivity contribution in [1.82, 2.24) is 14.9 Å². The van der Waals surface area contributed by atoms with Crippen molar-refractivity contribution in [3.63, 3.8) is 0 Å². The highest BCUT2D eigenvalue weighted by atomic mass is 16.3. The fourth-order valence-electron chi connectivity index (χ4n) is 1.07. The van der Waals surface area contributed by atoms with Gasteiger partial charge in [0.15, 0.2) is 0 Å². The molecule has 1 aromatic heterocycles. The quantitative estimate of drug-likeness (QED) is 0.672. The van der Waals surface area contributed by atoms with Gasteiger partial charge in [0.1, 0.15) is 6.54 Å². The van der Waals surface area contributed by atoms with Crippen LogP contribution in [0.5, 0.6) is 0 Å². The zero-order valence-corrected chi connectivity index (χ0v) is 9.09. The highest BCUT2D eigenvalue weighted by molar-refractivity contribution is 5.75. The summed E-state index contributed by atoms with van der Waals surface area (Å²) in [6, 6.07) is 1.59. The SMILES string of the molecule is CC(CO)CNC(=O)Cn1cccnc1=O. The summed E-state index contributed by atoms with van der Waals surface area (Å²) >= 11 is 0. The first kappa shape index (κ1) is 12.4. The van der Waals surface area contributed by atoms with Crippen molar-refractivity contribution in [2.75, 3.05) is 13.2 Å². The smallest absolute Gasteiger partial charge is 0.347 e. The molecule has 1 atom stereocenters. The van der Waals surface area contributed by atoms with Gasteiger partial charge < -0.3 is 10.4 Å². The second-order valence-electron chi connectivity index (χ2n) is 3.62. The predicted octanol–water partition coefficient (Wildman–Crippen LogP) is -1.01. The molecular formula is C10H15N3O3. The maximum absolute atomic E-state index is 11.4. The summed E-state index contributed by atoms with van der Waals surface area (Å²) in [7, 11) is 0. The molecular weight excluding hydrogens is 210 g/mol. The number of hydrogen-bond donors (Lipinski definition) is 2. The van der Waals surface area contributed by atoms with E-state index in [0.717, 1.165) is 0 Å². The fourth-order valence-corrected chi connectivity index (χ4v) is 1.07. The summed E-state index contributed by atoms with van der Waals surface area (Å²) in [6.07, 6.45) is 2.88. The van der Waals surface area contributed by atoms with Crippen LogP contribution < -0.4 is 11.0 Å². The number of nitrogens with one attached hydrogen (secondary N) is 1. The zero-order valence-electron chi connectivity index (χ0n) is 9.09. The van der Waals surface area contributed by atoms with Crippen LogP contribution in [0.15, 0.2) is 23.3 Å². The Morgan fingerprint density at radius 3 is 3.06 bits per heavy atom. The monoisotopic (exact) mass is 225 g/mol. The van der Waals surface area contributed by atoms with Gasteiger partial charge in [-0.25, -0.2) is 9.78 Å². The topological polar surface area (TPSA) is 84.2 Å². The van der Waals surface area contributed by atoms with E-state index in [9.17, 15) is 9.59 Å². The number of aliphatic hydroxyl groups is 1. The number of rotatable bonds is 5. The number of carbonyl (C=O) groups is 1. The molecule has 0 aliphatic carbocycles. The van der Waals surface area contributed by atoms with Gasteiger partial charge >= 0.3 is 5.69 Å². The van der Waals surface area contributed by atoms with E-state index < -0.39 is 5.69 Å². The summed E-state index contributed by atoms with van der Waals surface area (Å²) in [4.78, 5) is 26.1. The molecule has 0 aliphatic rings. The van der Waals surface area contributed by atoms with Gasteiger partial charge in [-0.05, 0) is 12.0 Å². The summed E-state index contributed by atoms with van der Waals surface area (Å²) < 4.78 is 1.22. The molecule has 88 valence electrons. The van der Waals surface area contributed by atoms with E-state index in [-0.39, 0.29) is 25.0 Å². The lowest BCUT2D eigenvalue weighted by Gasteiger charge is -2.10. The molecule has 2 N–H and O–H groups in total. The van der Waals surface area contributed by atoms with E-state index in [2.05, 4.69) is 10.3 Å². The molecule has 0 aromatic carbocycles. The molecule has 0 fully saturated rings. The number of aliphatic hydroxyl groups excluding tert-OH is 1. The Bertz CT molecular complexity index is 402. The van der Waals surface area contributed by atoms with Crippen LogP contribution in [0.4, 0.5) is 0 Å². The molecule has 0 bridgehead atoms. The van der Waals surface area contributed by atoms with Gasteiger partial charge in [0.05, 0.1) is 0 Å². The van der Waals surface area contributed by atoms with Crippen LogP contribution in [0.25, 0.3) is 0 Å². The summed E-state index contributed by atoms with van der Waals surface area (Å²) in [5, 5.41) is 11.4. The molecule has 1 unspecified atom stereocenters. The molecule has 0 saturated carbocycles.